The van der Waals surface area contributed by atoms with Crippen molar-refractivity contribution in [1.82, 2.24) is 10.6 Å². The zero-order valence-electron chi connectivity index (χ0n) is 13.2. The topological polar surface area (TPSA) is 67.4 Å². The molecule has 3 rings (SSSR count). The Morgan fingerprint density at radius 2 is 2.04 bits per heavy atom. The molecule has 2 aromatic rings. The first-order valence-corrected chi connectivity index (χ1v) is 7.87. The molecule has 122 valence electrons. The largest absolute Gasteiger partial charge is 0.480 e. The van der Waals surface area contributed by atoms with Gasteiger partial charge in [-0.2, -0.15) is 0 Å². The summed E-state index contributed by atoms with van der Waals surface area (Å²) in [4.78, 5) is 22.8. The summed E-state index contributed by atoms with van der Waals surface area (Å²) in [7, 11) is 0. The van der Waals surface area contributed by atoms with Crippen molar-refractivity contribution in [2.75, 3.05) is 13.2 Å². The zero-order valence-corrected chi connectivity index (χ0v) is 13.2. The molecule has 1 atom stereocenters. The van der Waals surface area contributed by atoms with Gasteiger partial charge >= 0.3 is 0 Å². The van der Waals surface area contributed by atoms with E-state index in [9.17, 15) is 9.59 Å². The maximum Gasteiger partial charge on any atom is 0.243 e. The third kappa shape index (κ3) is 3.85. The molecule has 1 fully saturated rings. The number of nitrogens with one attached hydrogen (secondary N) is 2. The highest BCUT2D eigenvalue weighted by molar-refractivity contribution is 5.91. The Bertz CT molecular complexity index is 815. The first kappa shape index (κ1) is 15.9. The number of carbonyl (C=O) groups excluding carboxylic acids is 2. The molecule has 0 aliphatic carbocycles. The molecular formula is C19H18N2O3. The molecule has 0 bridgehead atoms. The zero-order chi connectivity index (χ0) is 16.8. The summed E-state index contributed by atoms with van der Waals surface area (Å²) in [6.07, 6.45) is 0.949. The lowest BCUT2D eigenvalue weighted by Gasteiger charge is -2.08. The van der Waals surface area contributed by atoms with Gasteiger partial charge in [0.1, 0.15) is 18.4 Å². The van der Waals surface area contributed by atoms with E-state index in [1.807, 2.05) is 42.5 Å². The number of carbonyl (C=O) groups is 2. The van der Waals surface area contributed by atoms with Crippen molar-refractivity contribution in [1.29, 1.82) is 0 Å². The minimum absolute atomic E-state index is 0.0790. The summed E-state index contributed by atoms with van der Waals surface area (Å²) in [6.45, 7) is 0.494. The van der Waals surface area contributed by atoms with Crippen LogP contribution in [0, 0.1) is 11.8 Å². The van der Waals surface area contributed by atoms with Crippen LogP contribution < -0.4 is 15.4 Å². The normalized spacial score (nSPS) is 16.2. The maximum atomic E-state index is 11.8. The van der Waals surface area contributed by atoms with Gasteiger partial charge in [-0.25, -0.2) is 0 Å². The van der Waals surface area contributed by atoms with E-state index in [0.29, 0.717) is 12.8 Å². The second-order valence-corrected chi connectivity index (χ2v) is 5.50. The molecule has 1 saturated heterocycles. The lowest BCUT2D eigenvalue weighted by molar-refractivity contribution is -0.125. The van der Waals surface area contributed by atoms with Gasteiger partial charge in [0.05, 0.1) is 6.54 Å². The van der Waals surface area contributed by atoms with Crippen molar-refractivity contribution in [3.05, 3.63) is 42.5 Å². The van der Waals surface area contributed by atoms with Gasteiger partial charge in [0.25, 0.3) is 0 Å². The molecule has 5 heteroatoms. The Hall–Kier alpha value is -3.00. The molecule has 0 saturated carbocycles. The third-order valence-electron chi connectivity index (χ3n) is 3.84. The molecule has 0 spiro atoms. The smallest absolute Gasteiger partial charge is 0.243 e. The molecular weight excluding hydrogens is 304 g/mol. The predicted molar refractivity (Wildman–Crippen MR) is 91.4 cm³/mol. The van der Waals surface area contributed by atoms with Gasteiger partial charge in [-0.15, -0.1) is 0 Å². The van der Waals surface area contributed by atoms with E-state index in [0.717, 1.165) is 16.5 Å². The Balaban J connectivity index is 1.46. The fraction of sp³-hybridized carbons (Fsp3) is 0.263. The van der Waals surface area contributed by atoms with Crippen LogP contribution in [-0.4, -0.2) is 31.0 Å². The predicted octanol–water partition coefficient (Wildman–Crippen LogP) is 1.62. The van der Waals surface area contributed by atoms with Gasteiger partial charge in [-0.1, -0.05) is 48.2 Å². The van der Waals surface area contributed by atoms with Crippen LogP contribution in [0.2, 0.25) is 0 Å². The van der Waals surface area contributed by atoms with Gasteiger partial charge < -0.3 is 15.4 Å². The van der Waals surface area contributed by atoms with Crippen molar-refractivity contribution in [2.45, 2.75) is 18.9 Å². The highest BCUT2D eigenvalue weighted by Gasteiger charge is 2.26. The summed E-state index contributed by atoms with van der Waals surface area (Å²) < 4.78 is 5.70. The average molecular weight is 322 g/mol. The minimum Gasteiger partial charge on any atom is -0.480 e. The van der Waals surface area contributed by atoms with Crippen LogP contribution >= 0.6 is 0 Å². The molecule has 1 heterocycles. The molecule has 0 aromatic heterocycles. The number of ether oxygens (including phenoxy) is 1. The molecule has 1 aliphatic rings. The number of amides is 2. The van der Waals surface area contributed by atoms with Crippen LogP contribution in [0.4, 0.5) is 0 Å². The second kappa shape index (κ2) is 7.51. The van der Waals surface area contributed by atoms with Gasteiger partial charge in [0, 0.05) is 11.8 Å². The van der Waals surface area contributed by atoms with Gasteiger partial charge in [-0.05, 0) is 17.9 Å². The summed E-state index contributed by atoms with van der Waals surface area (Å²) in [5.74, 6) is 6.25. The molecule has 2 N–H and O–H groups in total. The second-order valence-electron chi connectivity index (χ2n) is 5.50. The van der Waals surface area contributed by atoms with Gasteiger partial charge in [0.15, 0.2) is 0 Å². The molecule has 1 unspecified atom stereocenters. The quantitative estimate of drug-likeness (QED) is 0.841. The highest BCUT2D eigenvalue weighted by Crippen LogP contribution is 2.24. The van der Waals surface area contributed by atoms with E-state index in [1.165, 1.54) is 0 Å². The Labute approximate surface area is 140 Å². The number of hydrogen-bond acceptors (Lipinski definition) is 3. The Morgan fingerprint density at radius 1 is 1.21 bits per heavy atom. The minimum atomic E-state index is -0.425. The van der Waals surface area contributed by atoms with Crippen molar-refractivity contribution < 1.29 is 14.3 Å². The molecule has 24 heavy (non-hydrogen) atoms. The van der Waals surface area contributed by atoms with E-state index in [2.05, 4.69) is 22.5 Å². The summed E-state index contributed by atoms with van der Waals surface area (Å²) >= 11 is 0. The van der Waals surface area contributed by atoms with Crippen molar-refractivity contribution in [2.24, 2.45) is 0 Å². The summed E-state index contributed by atoms with van der Waals surface area (Å²) in [5, 5.41) is 7.48. The fourth-order valence-corrected chi connectivity index (χ4v) is 2.61. The van der Waals surface area contributed by atoms with Crippen LogP contribution in [0.5, 0.6) is 5.75 Å². The fourth-order valence-electron chi connectivity index (χ4n) is 2.61. The first-order valence-electron chi connectivity index (χ1n) is 7.87. The van der Waals surface area contributed by atoms with Crippen LogP contribution in [-0.2, 0) is 9.59 Å². The molecule has 2 aromatic carbocycles. The number of rotatable bonds is 4. The van der Waals surface area contributed by atoms with Crippen LogP contribution in [0.15, 0.2) is 42.5 Å². The van der Waals surface area contributed by atoms with E-state index < -0.39 is 6.04 Å². The third-order valence-corrected chi connectivity index (χ3v) is 3.84. The van der Waals surface area contributed by atoms with Gasteiger partial charge in [0.2, 0.25) is 11.8 Å². The first-order chi connectivity index (χ1) is 11.7. The molecule has 2 amide bonds. The van der Waals surface area contributed by atoms with Gasteiger partial charge in [-0.3, -0.25) is 9.59 Å². The molecule has 5 nitrogen and oxygen atoms in total. The van der Waals surface area contributed by atoms with Crippen molar-refractivity contribution >= 4 is 22.6 Å². The van der Waals surface area contributed by atoms with E-state index in [4.69, 9.17) is 4.74 Å². The maximum absolute atomic E-state index is 11.8. The summed E-state index contributed by atoms with van der Waals surface area (Å²) in [6, 6.07) is 13.5. The van der Waals surface area contributed by atoms with Crippen LogP contribution in [0.1, 0.15) is 12.8 Å². The summed E-state index contributed by atoms with van der Waals surface area (Å²) in [5.41, 5.74) is 0. The molecule has 0 radical (unpaired) electrons. The van der Waals surface area contributed by atoms with Crippen molar-refractivity contribution in [3.8, 4) is 17.6 Å². The lowest BCUT2D eigenvalue weighted by atomic mass is 10.1. The van der Waals surface area contributed by atoms with Crippen molar-refractivity contribution in [3.63, 3.8) is 0 Å². The highest BCUT2D eigenvalue weighted by atomic mass is 16.5. The Morgan fingerprint density at radius 3 is 2.88 bits per heavy atom. The average Bonchev–Trinajstić information content (AvgIpc) is 3.04. The Kier molecular flexibility index (Phi) is 4.97. The van der Waals surface area contributed by atoms with E-state index in [-0.39, 0.29) is 25.0 Å². The van der Waals surface area contributed by atoms with E-state index >= 15 is 0 Å². The van der Waals surface area contributed by atoms with Crippen LogP contribution in [0.25, 0.3) is 10.8 Å². The number of benzene rings is 2. The van der Waals surface area contributed by atoms with Crippen LogP contribution in [0.3, 0.4) is 0 Å². The lowest BCUT2D eigenvalue weighted by Crippen LogP contribution is -2.41. The van der Waals surface area contributed by atoms with E-state index in [1.54, 1.807) is 0 Å². The monoisotopic (exact) mass is 322 g/mol. The molecule has 1 aliphatic heterocycles. The standard InChI is InChI=1S/C19H18N2O3/c22-18-11-10-16(21-18)19(23)20-12-3-4-13-24-17-9-5-7-14-6-1-2-8-15(14)17/h1-2,5-9,16H,10-13H2,(H,20,23)(H,21,22). The number of hydrogen-bond donors (Lipinski definition) is 2. The SMILES string of the molecule is O=C1CCC(C(=O)NCC#CCOc2cccc3ccccc23)N1. The number of fused-ring (bicyclic) bond motifs is 1.